The molecule has 0 saturated heterocycles. The Morgan fingerprint density at radius 1 is 0.967 bits per heavy atom. The number of nitrogen functional groups attached to an aromatic ring is 1. The summed E-state index contributed by atoms with van der Waals surface area (Å²) in [7, 11) is 0. The van der Waals surface area contributed by atoms with Crippen LogP contribution in [0.25, 0.3) is 16.6 Å². The number of anilines is 3. The summed E-state index contributed by atoms with van der Waals surface area (Å²) in [6, 6.07) is 14.5. The van der Waals surface area contributed by atoms with Crippen LogP contribution < -0.4 is 16.4 Å². The first-order chi connectivity index (χ1) is 14.3. The van der Waals surface area contributed by atoms with Crippen molar-refractivity contribution < 1.29 is 18.0 Å². The van der Waals surface area contributed by atoms with Crippen LogP contribution >= 0.6 is 0 Å². The van der Waals surface area contributed by atoms with Gasteiger partial charge in [-0.25, -0.2) is 9.78 Å². The van der Waals surface area contributed by atoms with Gasteiger partial charge in [0.25, 0.3) is 0 Å². The molecular formula is C21H16F3N5O. The molecule has 0 aliphatic carbocycles. The van der Waals surface area contributed by atoms with E-state index in [1.165, 1.54) is 12.1 Å². The smallest absolute Gasteiger partial charge is 0.383 e. The fourth-order valence-electron chi connectivity index (χ4n) is 3.11. The van der Waals surface area contributed by atoms with Crippen molar-refractivity contribution in [2.24, 2.45) is 0 Å². The number of rotatable bonds is 3. The summed E-state index contributed by atoms with van der Waals surface area (Å²) in [6.07, 6.45) is -1.04. The Morgan fingerprint density at radius 2 is 1.67 bits per heavy atom. The topological polar surface area (TPSA) is 85.0 Å². The van der Waals surface area contributed by atoms with Gasteiger partial charge < -0.3 is 20.9 Å². The molecule has 0 bridgehead atoms. The van der Waals surface area contributed by atoms with Crippen molar-refractivity contribution in [2.45, 2.75) is 6.18 Å². The number of carbonyl (C=O) groups excluding carboxylic acids is 1. The van der Waals surface area contributed by atoms with E-state index in [1.807, 2.05) is 29.0 Å². The van der Waals surface area contributed by atoms with E-state index in [0.717, 1.165) is 28.7 Å². The van der Waals surface area contributed by atoms with Gasteiger partial charge in [0.2, 0.25) is 0 Å². The predicted molar refractivity (Wildman–Crippen MR) is 110 cm³/mol. The first-order valence-electron chi connectivity index (χ1n) is 8.88. The number of aromatic nitrogens is 2. The lowest BCUT2D eigenvalue weighted by molar-refractivity contribution is -0.137. The maximum Gasteiger partial charge on any atom is 0.416 e. The van der Waals surface area contributed by atoms with Crippen LogP contribution in [0.5, 0.6) is 0 Å². The minimum Gasteiger partial charge on any atom is -0.383 e. The number of pyridine rings is 1. The number of halogens is 3. The summed E-state index contributed by atoms with van der Waals surface area (Å²) >= 11 is 0. The molecule has 0 aliphatic heterocycles. The number of hydrogen-bond donors (Lipinski definition) is 3. The van der Waals surface area contributed by atoms with E-state index in [2.05, 4.69) is 15.6 Å². The van der Waals surface area contributed by atoms with E-state index in [-0.39, 0.29) is 5.69 Å². The number of fused-ring (bicyclic) bond motifs is 1. The highest BCUT2D eigenvalue weighted by atomic mass is 19.4. The molecular weight excluding hydrogens is 395 g/mol. The number of nitrogens with zero attached hydrogens (tertiary/aromatic N) is 2. The second-order valence-corrected chi connectivity index (χ2v) is 6.52. The van der Waals surface area contributed by atoms with Crippen molar-refractivity contribution >= 4 is 34.1 Å². The first kappa shape index (κ1) is 19.3. The van der Waals surface area contributed by atoms with Gasteiger partial charge in [-0.2, -0.15) is 13.2 Å². The van der Waals surface area contributed by atoms with Crippen LogP contribution in [0, 0.1) is 0 Å². The number of urea groups is 1. The summed E-state index contributed by atoms with van der Waals surface area (Å²) in [4.78, 5) is 16.3. The second-order valence-electron chi connectivity index (χ2n) is 6.52. The van der Waals surface area contributed by atoms with Crippen LogP contribution in [0.4, 0.5) is 35.2 Å². The van der Waals surface area contributed by atoms with E-state index in [0.29, 0.717) is 11.5 Å². The SMILES string of the molecule is Nc1nccc2c1ccn2-c1cccc(NC(=O)Nc2cccc(C(F)(F)F)c2)c1. The minimum atomic E-state index is -4.49. The van der Waals surface area contributed by atoms with Crippen LogP contribution in [0.3, 0.4) is 0 Å². The summed E-state index contributed by atoms with van der Waals surface area (Å²) in [5, 5.41) is 5.85. The van der Waals surface area contributed by atoms with Gasteiger partial charge in [0, 0.05) is 34.8 Å². The zero-order chi connectivity index (χ0) is 21.3. The van der Waals surface area contributed by atoms with Crippen molar-refractivity contribution in [1.29, 1.82) is 0 Å². The Morgan fingerprint density at radius 3 is 2.40 bits per heavy atom. The third kappa shape index (κ3) is 3.90. The van der Waals surface area contributed by atoms with Gasteiger partial charge in [-0.1, -0.05) is 12.1 Å². The zero-order valence-electron chi connectivity index (χ0n) is 15.4. The zero-order valence-corrected chi connectivity index (χ0v) is 15.4. The Balaban J connectivity index is 1.53. The standard InChI is InChI=1S/C21H16F3N5O/c22-21(23,24)13-3-1-4-14(11-13)27-20(30)28-15-5-2-6-16(12-15)29-10-8-17-18(29)7-9-26-19(17)25/h1-12H,(H2,25,26)(H2,27,28,30). The molecule has 2 aromatic heterocycles. The van der Waals surface area contributed by atoms with E-state index >= 15 is 0 Å². The molecule has 0 saturated carbocycles. The molecule has 4 aromatic rings. The molecule has 6 nitrogen and oxygen atoms in total. The maximum atomic E-state index is 12.8. The molecule has 0 radical (unpaired) electrons. The maximum absolute atomic E-state index is 12.8. The largest absolute Gasteiger partial charge is 0.416 e. The number of nitrogens with two attached hydrogens (primary N) is 1. The van der Waals surface area contributed by atoms with Gasteiger partial charge >= 0.3 is 12.2 Å². The Labute approximate surface area is 169 Å². The van der Waals surface area contributed by atoms with Crippen molar-refractivity contribution in [3.05, 3.63) is 78.6 Å². The minimum absolute atomic E-state index is 0.0397. The second kappa shape index (κ2) is 7.43. The summed E-state index contributed by atoms with van der Waals surface area (Å²) in [5.41, 5.74) is 7.19. The molecule has 152 valence electrons. The average molecular weight is 411 g/mol. The summed E-state index contributed by atoms with van der Waals surface area (Å²) in [5.74, 6) is 0.418. The van der Waals surface area contributed by atoms with Gasteiger partial charge in [0.1, 0.15) is 5.82 Å². The highest BCUT2D eigenvalue weighted by Crippen LogP contribution is 2.30. The van der Waals surface area contributed by atoms with Crippen LogP contribution in [-0.4, -0.2) is 15.6 Å². The lowest BCUT2D eigenvalue weighted by Crippen LogP contribution is -2.20. The molecule has 0 fully saturated rings. The summed E-state index contributed by atoms with van der Waals surface area (Å²) in [6.45, 7) is 0. The third-order valence-electron chi connectivity index (χ3n) is 4.48. The first-order valence-corrected chi connectivity index (χ1v) is 8.88. The van der Waals surface area contributed by atoms with E-state index in [9.17, 15) is 18.0 Å². The fourth-order valence-corrected chi connectivity index (χ4v) is 3.11. The normalized spacial score (nSPS) is 11.4. The molecule has 0 spiro atoms. The van der Waals surface area contributed by atoms with Gasteiger partial charge in [0.15, 0.2) is 0 Å². The van der Waals surface area contributed by atoms with Crippen LogP contribution in [0.15, 0.2) is 73.1 Å². The molecule has 4 N–H and O–H groups in total. The van der Waals surface area contributed by atoms with E-state index in [1.54, 1.807) is 24.4 Å². The summed E-state index contributed by atoms with van der Waals surface area (Å²) < 4.78 is 40.4. The lowest BCUT2D eigenvalue weighted by atomic mass is 10.2. The predicted octanol–water partition coefficient (Wildman–Crippen LogP) is 5.27. The third-order valence-corrected chi connectivity index (χ3v) is 4.48. The van der Waals surface area contributed by atoms with E-state index in [4.69, 9.17) is 5.73 Å². The van der Waals surface area contributed by atoms with Gasteiger partial charge in [-0.3, -0.25) is 0 Å². The van der Waals surface area contributed by atoms with Crippen LogP contribution in [0.1, 0.15) is 5.56 Å². The monoisotopic (exact) mass is 411 g/mol. The van der Waals surface area contributed by atoms with Gasteiger partial charge in [0.05, 0.1) is 11.1 Å². The van der Waals surface area contributed by atoms with Crippen LogP contribution in [0.2, 0.25) is 0 Å². The highest BCUT2D eigenvalue weighted by Gasteiger charge is 2.30. The fraction of sp³-hybridized carbons (Fsp3) is 0.0476. The van der Waals surface area contributed by atoms with Crippen molar-refractivity contribution in [3.8, 4) is 5.69 Å². The Bertz CT molecular complexity index is 1230. The molecule has 0 atom stereocenters. The quantitative estimate of drug-likeness (QED) is 0.429. The molecule has 2 heterocycles. The Hall–Kier alpha value is -4.01. The number of amides is 2. The van der Waals surface area contributed by atoms with Crippen molar-refractivity contribution in [3.63, 3.8) is 0 Å². The molecule has 0 aliphatic rings. The average Bonchev–Trinajstić information content (AvgIpc) is 3.13. The molecule has 9 heteroatoms. The number of alkyl halides is 3. The number of nitrogens with one attached hydrogen (secondary N) is 2. The Kier molecular flexibility index (Phi) is 4.78. The number of benzene rings is 2. The number of hydrogen-bond acceptors (Lipinski definition) is 3. The molecule has 30 heavy (non-hydrogen) atoms. The van der Waals surface area contributed by atoms with Crippen molar-refractivity contribution in [1.82, 2.24) is 9.55 Å². The number of carbonyl (C=O) groups is 1. The van der Waals surface area contributed by atoms with Crippen molar-refractivity contribution in [2.75, 3.05) is 16.4 Å². The molecule has 2 aromatic carbocycles. The van der Waals surface area contributed by atoms with E-state index < -0.39 is 17.8 Å². The molecule has 4 rings (SSSR count). The lowest BCUT2D eigenvalue weighted by Gasteiger charge is -2.12. The highest BCUT2D eigenvalue weighted by molar-refractivity contribution is 6.00. The van der Waals surface area contributed by atoms with Crippen LogP contribution in [-0.2, 0) is 6.18 Å². The molecule has 0 unspecified atom stereocenters. The van der Waals surface area contributed by atoms with Gasteiger partial charge in [-0.05, 0) is 48.5 Å². The molecule has 2 amide bonds. The van der Waals surface area contributed by atoms with Gasteiger partial charge in [-0.15, -0.1) is 0 Å².